The number of carbonyl (C=O) groups is 1. The van der Waals surface area contributed by atoms with E-state index in [0.717, 1.165) is 6.54 Å². The lowest BCUT2D eigenvalue weighted by Crippen LogP contribution is -2.46. The summed E-state index contributed by atoms with van der Waals surface area (Å²) in [5.41, 5.74) is -0.422. The lowest BCUT2D eigenvalue weighted by Gasteiger charge is -2.33. The number of carbonyl (C=O) groups excluding carboxylic acids is 1. The summed E-state index contributed by atoms with van der Waals surface area (Å²) in [6.07, 6.45) is 0.851. The third-order valence-corrected chi connectivity index (χ3v) is 3.17. The first kappa shape index (κ1) is 14.3. The van der Waals surface area contributed by atoms with Gasteiger partial charge in [0.15, 0.2) is 0 Å². The van der Waals surface area contributed by atoms with Crippen LogP contribution in [0.25, 0.3) is 0 Å². The van der Waals surface area contributed by atoms with Gasteiger partial charge in [-0.1, -0.05) is 6.92 Å². The minimum absolute atomic E-state index is 0.316. The molecule has 2 N–H and O–H groups in total. The van der Waals surface area contributed by atoms with Gasteiger partial charge in [0, 0.05) is 19.1 Å². The van der Waals surface area contributed by atoms with Crippen LogP contribution in [0, 0.1) is 11.8 Å². The molecule has 0 aromatic carbocycles. The fourth-order valence-electron chi connectivity index (χ4n) is 2.19. The van der Waals surface area contributed by atoms with Crippen LogP contribution in [-0.2, 0) is 4.74 Å². The smallest absolute Gasteiger partial charge is 0.407 e. The molecule has 100 valence electrons. The van der Waals surface area contributed by atoms with Crippen LogP contribution < -0.4 is 10.6 Å². The van der Waals surface area contributed by atoms with Crippen molar-refractivity contribution in [2.45, 2.75) is 52.7 Å². The Balaban J connectivity index is 2.28. The molecule has 1 aliphatic rings. The molecule has 0 unspecified atom stereocenters. The van der Waals surface area contributed by atoms with E-state index in [1.807, 2.05) is 20.8 Å². The first-order chi connectivity index (χ1) is 7.78. The molecule has 1 fully saturated rings. The van der Waals surface area contributed by atoms with E-state index in [0.29, 0.717) is 24.4 Å². The molecule has 0 aromatic rings. The highest BCUT2D eigenvalue weighted by Crippen LogP contribution is 2.21. The second-order valence-electron chi connectivity index (χ2n) is 6.17. The lowest BCUT2D eigenvalue weighted by atomic mass is 9.85. The average molecular weight is 242 g/mol. The molecule has 17 heavy (non-hydrogen) atoms. The maximum Gasteiger partial charge on any atom is 0.407 e. The Bertz CT molecular complexity index is 261. The van der Waals surface area contributed by atoms with Crippen LogP contribution in [0.4, 0.5) is 4.79 Å². The molecule has 4 heteroatoms. The number of amides is 1. The molecule has 1 amide bonds. The lowest BCUT2D eigenvalue weighted by molar-refractivity contribution is 0.0508. The van der Waals surface area contributed by atoms with Crippen LogP contribution >= 0.6 is 0 Å². The SMILES string of the molecule is C[C@@H]1C[C@@H](C)[C@H](CNC(=O)OC(C)(C)C)CN1. The van der Waals surface area contributed by atoms with Gasteiger partial charge in [-0.2, -0.15) is 0 Å². The third kappa shape index (κ3) is 5.39. The summed E-state index contributed by atoms with van der Waals surface area (Å²) in [5.74, 6) is 1.14. The highest BCUT2D eigenvalue weighted by Gasteiger charge is 2.25. The number of piperidine rings is 1. The number of ether oxygens (including phenoxy) is 1. The molecule has 0 bridgehead atoms. The quantitative estimate of drug-likeness (QED) is 0.780. The molecule has 0 spiro atoms. The highest BCUT2D eigenvalue weighted by atomic mass is 16.6. The zero-order valence-electron chi connectivity index (χ0n) is 11.7. The second-order valence-corrected chi connectivity index (χ2v) is 6.17. The number of hydrogen-bond acceptors (Lipinski definition) is 3. The Hall–Kier alpha value is -0.770. The van der Waals surface area contributed by atoms with E-state index >= 15 is 0 Å². The average Bonchev–Trinajstić information content (AvgIpc) is 2.13. The third-order valence-electron chi connectivity index (χ3n) is 3.17. The van der Waals surface area contributed by atoms with Gasteiger partial charge in [0.2, 0.25) is 0 Å². The van der Waals surface area contributed by atoms with E-state index in [1.54, 1.807) is 0 Å². The molecule has 1 heterocycles. The van der Waals surface area contributed by atoms with Gasteiger partial charge in [-0.3, -0.25) is 0 Å². The number of hydrogen-bond donors (Lipinski definition) is 2. The molecule has 0 saturated carbocycles. The van der Waals surface area contributed by atoms with Crippen LogP contribution in [0.5, 0.6) is 0 Å². The minimum atomic E-state index is -0.422. The van der Waals surface area contributed by atoms with Gasteiger partial charge >= 0.3 is 6.09 Å². The van der Waals surface area contributed by atoms with Gasteiger partial charge in [-0.25, -0.2) is 4.79 Å². The van der Waals surface area contributed by atoms with Crippen molar-refractivity contribution < 1.29 is 9.53 Å². The van der Waals surface area contributed by atoms with E-state index in [-0.39, 0.29) is 6.09 Å². The van der Waals surface area contributed by atoms with Crippen molar-refractivity contribution in [3.05, 3.63) is 0 Å². The standard InChI is InChI=1S/C13H26N2O2/c1-9-6-10(2)14-7-11(9)8-15-12(16)17-13(3,4)5/h9-11,14H,6-8H2,1-5H3,(H,15,16)/t9-,10-,11+/m1/s1. The fourth-order valence-corrected chi connectivity index (χ4v) is 2.19. The molecule has 3 atom stereocenters. The van der Waals surface area contributed by atoms with E-state index in [4.69, 9.17) is 4.74 Å². The maximum absolute atomic E-state index is 11.5. The number of nitrogens with one attached hydrogen (secondary N) is 2. The van der Waals surface area contributed by atoms with Gasteiger partial charge in [0.1, 0.15) is 5.60 Å². The van der Waals surface area contributed by atoms with Gasteiger partial charge in [-0.15, -0.1) is 0 Å². The molecule has 1 aliphatic heterocycles. The number of rotatable bonds is 2. The fraction of sp³-hybridized carbons (Fsp3) is 0.923. The van der Waals surface area contributed by atoms with E-state index in [2.05, 4.69) is 24.5 Å². The first-order valence-electron chi connectivity index (χ1n) is 6.48. The van der Waals surface area contributed by atoms with Crippen molar-refractivity contribution >= 4 is 6.09 Å². The monoisotopic (exact) mass is 242 g/mol. The van der Waals surface area contributed by atoms with Crippen molar-refractivity contribution in [2.75, 3.05) is 13.1 Å². The summed E-state index contributed by atoms with van der Waals surface area (Å²) in [7, 11) is 0. The van der Waals surface area contributed by atoms with Crippen molar-refractivity contribution in [2.24, 2.45) is 11.8 Å². The summed E-state index contributed by atoms with van der Waals surface area (Å²) in [6, 6.07) is 0.586. The summed E-state index contributed by atoms with van der Waals surface area (Å²) in [6.45, 7) is 11.7. The van der Waals surface area contributed by atoms with Gasteiger partial charge in [0.25, 0.3) is 0 Å². The number of alkyl carbamates (subject to hydrolysis) is 1. The van der Waals surface area contributed by atoms with Crippen LogP contribution in [0.15, 0.2) is 0 Å². The van der Waals surface area contributed by atoms with Crippen molar-refractivity contribution in [3.8, 4) is 0 Å². The Morgan fingerprint density at radius 1 is 1.41 bits per heavy atom. The summed E-state index contributed by atoms with van der Waals surface area (Å²) < 4.78 is 5.21. The van der Waals surface area contributed by atoms with Gasteiger partial charge in [0.05, 0.1) is 0 Å². The Morgan fingerprint density at radius 2 is 2.06 bits per heavy atom. The minimum Gasteiger partial charge on any atom is -0.444 e. The van der Waals surface area contributed by atoms with Crippen LogP contribution in [0.2, 0.25) is 0 Å². The summed E-state index contributed by atoms with van der Waals surface area (Å²) in [4.78, 5) is 11.5. The van der Waals surface area contributed by atoms with Crippen molar-refractivity contribution in [1.29, 1.82) is 0 Å². The summed E-state index contributed by atoms with van der Waals surface area (Å²) in [5, 5.41) is 6.30. The van der Waals surface area contributed by atoms with Crippen LogP contribution in [-0.4, -0.2) is 30.8 Å². The second kappa shape index (κ2) is 5.71. The molecule has 0 radical (unpaired) electrons. The van der Waals surface area contributed by atoms with E-state index in [1.165, 1.54) is 6.42 Å². The Labute approximate surface area is 104 Å². The topological polar surface area (TPSA) is 50.4 Å². The van der Waals surface area contributed by atoms with E-state index < -0.39 is 5.60 Å². The van der Waals surface area contributed by atoms with E-state index in [9.17, 15) is 4.79 Å². The normalized spacial score (nSPS) is 29.8. The molecular formula is C13H26N2O2. The van der Waals surface area contributed by atoms with Gasteiger partial charge < -0.3 is 15.4 Å². The van der Waals surface area contributed by atoms with Crippen LogP contribution in [0.3, 0.4) is 0 Å². The van der Waals surface area contributed by atoms with Gasteiger partial charge in [-0.05, 0) is 46.0 Å². The highest BCUT2D eigenvalue weighted by molar-refractivity contribution is 5.67. The largest absolute Gasteiger partial charge is 0.444 e. The van der Waals surface area contributed by atoms with Crippen LogP contribution in [0.1, 0.15) is 41.0 Å². The molecule has 4 nitrogen and oxygen atoms in total. The maximum atomic E-state index is 11.5. The Morgan fingerprint density at radius 3 is 2.59 bits per heavy atom. The first-order valence-corrected chi connectivity index (χ1v) is 6.48. The predicted octanol–water partition coefficient (Wildman–Crippen LogP) is 2.15. The molecule has 1 rings (SSSR count). The zero-order chi connectivity index (χ0) is 13.1. The zero-order valence-corrected chi connectivity index (χ0v) is 11.7. The van der Waals surface area contributed by atoms with Crippen molar-refractivity contribution in [1.82, 2.24) is 10.6 Å². The summed E-state index contributed by atoms with van der Waals surface area (Å²) >= 11 is 0. The molecule has 0 aliphatic carbocycles. The molecule has 1 saturated heterocycles. The predicted molar refractivity (Wildman–Crippen MR) is 69.0 cm³/mol. The molecule has 0 aromatic heterocycles. The Kier molecular flexibility index (Phi) is 4.80. The van der Waals surface area contributed by atoms with Crippen molar-refractivity contribution in [3.63, 3.8) is 0 Å². The molecular weight excluding hydrogens is 216 g/mol.